The average Bonchev–Trinajstić information content (AvgIpc) is 2.75. The van der Waals surface area contributed by atoms with Crippen LogP contribution in [0.25, 0.3) is 0 Å². The largest absolute Gasteiger partial charge is 0.309 e. The highest BCUT2D eigenvalue weighted by atomic mass is 19.1. The van der Waals surface area contributed by atoms with Gasteiger partial charge in [0.2, 0.25) is 5.91 Å². The lowest BCUT2D eigenvalue weighted by Crippen LogP contribution is -2.47. The number of hydrogen-bond donors (Lipinski definition) is 0. The van der Waals surface area contributed by atoms with Crippen LogP contribution in [0, 0.1) is 5.82 Å². The Bertz CT molecular complexity index is 1070. The molecule has 2 atom stereocenters. The summed E-state index contributed by atoms with van der Waals surface area (Å²) < 4.78 is 13.6. The number of hydrogen-bond acceptors (Lipinski definition) is 2. The first-order valence-corrected chi connectivity index (χ1v) is 10.00. The van der Waals surface area contributed by atoms with E-state index >= 15 is 0 Å². The predicted octanol–water partition coefficient (Wildman–Crippen LogP) is 5.36. The number of carbonyl (C=O) groups is 2. The summed E-state index contributed by atoms with van der Waals surface area (Å²) in [6, 6.07) is 22.3. The molecular weight excluding hydrogens is 379 g/mol. The van der Waals surface area contributed by atoms with Crippen molar-refractivity contribution in [3.05, 3.63) is 95.8 Å². The fourth-order valence-electron chi connectivity index (χ4n) is 4.27. The lowest BCUT2D eigenvalue weighted by atomic mass is 9.89. The Kier molecular flexibility index (Phi) is 5.36. The van der Waals surface area contributed by atoms with Crippen molar-refractivity contribution < 1.29 is 14.0 Å². The number of halogens is 1. The number of fused-ring (bicyclic) bond motifs is 1. The number of benzene rings is 3. The van der Waals surface area contributed by atoms with Gasteiger partial charge in [-0.3, -0.25) is 9.59 Å². The molecule has 1 aliphatic rings. The Morgan fingerprint density at radius 2 is 1.57 bits per heavy atom. The SMILES string of the molecule is CC(=O)N1c2ccccc2[C@H](N(C(=O)c2ccccc2)c2ccc(F)cc2)C[C@@H]1C. The van der Waals surface area contributed by atoms with Crippen molar-refractivity contribution in [2.45, 2.75) is 32.4 Å². The van der Waals surface area contributed by atoms with Gasteiger partial charge in [0.15, 0.2) is 0 Å². The van der Waals surface area contributed by atoms with Gasteiger partial charge in [-0.15, -0.1) is 0 Å². The normalized spacial score (nSPS) is 17.9. The third-order valence-electron chi connectivity index (χ3n) is 5.56. The predicted molar refractivity (Wildman–Crippen MR) is 116 cm³/mol. The van der Waals surface area contributed by atoms with E-state index in [9.17, 15) is 14.0 Å². The molecular formula is C25H23FN2O2. The number of anilines is 2. The number of para-hydroxylation sites is 1. The average molecular weight is 402 g/mol. The summed E-state index contributed by atoms with van der Waals surface area (Å²) in [5, 5.41) is 0. The quantitative estimate of drug-likeness (QED) is 0.592. The third kappa shape index (κ3) is 3.59. The second kappa shape index (κ2) is 8.11. The van der Waals surface area contributed by atoms with E-state index in [2.05, 4.69) is 0 Å². The fourth-order valence-corrected chi connectivity index (χ4v) is 4.27. The number of nitrogens with zero attached hydrogens (tertiary/aromatic N) is 2. The molecule has 2 amide bonds. The van der Waals surface area contributed by atoms with Crippen LogP contribution in [0.2, 0.25) is 0 Å². The Labute approximate surface area is 175 Å². The zero-order valence-electron chi connectivity index (χ0n) is 17.0. The summed E-state index contributed by atoms with van der Waals surface area (Å²) in [4.78, 5) is 29.4. The highest BCUT2D eigenvalue weighted by molar-refractivity contribution is 6.07. The van der Waals surface area contributed by atoms with E-state index in [1.54, 1.807) is 41.0 Å². The summed E-state index contributed by atoms with van der Waals surface area (Å²) in [5.41, 5.74) is 2.88. The standard InChI is InChI=1S/C25H23FN2O2/c1-17-16-24(22-10-6-7-11-23(22)27(17)18(2)29)28(21-14-12-20(26)13-15-21)25(30)19-8-4-3-5-9-19/h3-15,17,24H,16H2,1-2H3/t17-,24+/m0/s1. The topological polar surface area (TPSA) is 40.6 Å². The number of carbonyl (C=O) groups excluding carboxylic acids is 2. The second-order valence-corrected chi connectivity index (χ2v) is 7.57. The summed E-state index contributed by atoms with van der Waals surface area (Å²) in [6.45, 7) is 3.54. The van der Waals surface area contributed by atoms with Crippen molar-refractivity contribution in [1.29, 1.82) is 0 Å². The maximum absolute atomic E-state index is 13.6. The van der Waals surface area contributed by atoms with Crippen LogP contribution < -0.4 is 9.80 Å². The van der Waals surface area contributed by atoms with Gasteiger partial charge in [0, 0.05) is 29.9 Å². The molecule has 0 bridgehead atoms. The molecule has 30 heavy (non-hydrogen) atoms. The molecule has 0 saturated carbocycles. The van der Waals surface area contributed by atoms with E-state index in [-0.39, 0.29) is 29.7 Å². The zero-order valence-corrected chi connectivity index (χ0v) is 17.0. The summed E-state index contributed by atoms with van der Waals surface area (Å²) in [6.07, 6.45) is 0.576. The number of amides is 2. The Balaban J connectivity index is 1.86. The van der Waals surface area contributed by atoms with E-state index in [4.69, 9.17) is 0 Å². The zero-order chi connectivity index (χ0) is 21.3. The second-order valence-electron chi connectivity index (χ2n) is 7.57. The first-order valence-electron chi connectivity index (χ1n) is 10.00. The van der Waals surface area contributed by atoms with Crippen LogP contribution in [-0.2, 0) is 4.79 Å². The molecule has 3 aromatic rings. The van der Waals surface area contributed by atoms with E-state index < -0.39 is 0 Å². The maximum atomic E-state index is 13.6. The van der Waals surface area contributed by atoms with Gasteiger partial charge in [0.1, 0.15) is 5.82 Å². The fraction of sp³-hybridized carbons (Fsp3) is 0.200. The van der Waals surface area contributed by atoms with Crippen LogP contribution >= 0.6 is 0 Å². The molecule has 0 aromatic heterocycles. The van der Waals surface area contributed by atoms with Crippen molar-refractivity contribution in [2.24, 2.45) is 0 Å². The lowest BCUT2D eigenvalue weighted by molar-refractivity contribution is -0.117. The molecule has 152 valence electrons. The van der Waals surface area contributed by atoms with Crippen LogP contribution in [-0.4, -0.2) is 17.9 Å². The van der Waals surface area contributed by atoms with E-state index in [0.717, 1.165) is 11.3 Å². The Hall–Kier alpha value is -3.47. The minimum absolute atomic E-state index is 0.0314. The molecule has 0 aliphatic carbocycles. The van der Waals surface area contributed by atoms with Crippen LogP contribution in [0.5, 0.6) is 0 Å². The van der Waals surface area contributed by atoms with Crippen molar-refractivity contribution in [2.75, 3.05) is 9.80 Å². The third-order valence-corrected chi connectivity index (χ3v) is 5.56. The Morgan fingerprint density at radius 3 is 2.23 bits per heavy atom. The molecule has 0 radical (unpaired) electrons. The van der Waals surface area contributed by atoms with Crippen LogP contribution in [0.1, 0.15) is 42.2 Å². The highest BCUT2D eigenvalue weighted by Gasteiger charge is 2.37. The summed E-state index contributed by atoms with van der Waals surface area (Å²) in [7, 11) is 0. The Morgan fingerprint density at radius 1 is 0.933 bits per heavy atom. The molecule has 0 unspecified atom stereocenters. The minimum atomic E-state index is -0.356. The van der Waals surface area contributed by atoms with Crippen molar-refractivity contribution in [3.63, 3.8) is 0 Å². The maximum Gasteiger partial charge on any atom is 0.258 e. The molecule has 4 rings (SSSR count). The van der Waals surface area contributed by atoms with Crippen molar-refractivity contribution in [1.82, 2.24) is 0 Å². The van der Waals surface area contributed by atoms with Gasteiger partial charge in [0.25, 0.3) is 5.91 Å². The minimum Gasteiger partial charge on any atom is -0.309 e. The first kappa shape index (κ1) is 19.8. The molecule has 1 aliphatic heterocycles. The summed E-state index contributed by atoms with van der Waals surface area (Å²) >= 11 is 0. The van der Waals surface area contributed by atoms with Gasteiger partial charge >= 0.3 is 0 Å². The van der Waals surface area contributed by atoms with Crippen LogP contribution in [0.3, 0.4) is 0 Å². The van der Waals surface area contributed by atoms with Gasteiger partial charge in [-0.1, -0.05) is 36.4 Å². The van der Waals surface area contributed by atoms with Crippen molar-refractivity contribution in [3.8, 4) is 0 Å². The van der Waals surface area contributed by atoms with E-state index in [1.807, 2.05) is 49.4 Å². The molecule has 0 spiro atoms. The smallest absolute Gasteiger partial charge is 0.258 e. The van der Waals surface area contributed by atoms with E-state index in [1.165, 1.54) is 12.1 Å². The molecule has 1 heterocycles. The highest BCUT2D eigenvalue weighted by Crippen LogP contribution is 2.42. The van der Waals surface area contributed by atoms with Crippen LogP contribution in [0.4, 0.5) is 15.8 Å². The first-order chi connectivity index (χ1) is 14.5. The van der Waals surface area contributed by atoms with Gasteiger partial charge in [-0.05, 0) is 61.4 Å². The molecule has 0 fully saturated rings. The van der Waals surface area contributed by atoms with Gasteiger partial charge in [0.05, 0.1) is 6.04 Å². The van der Waals surface area contributed by atoms with E-state index in [0.29, 0.717) is 17.7 Å². The molecule has 0 N–H and O–H groups in total. The summed E-state index contributed by atoms with van der Waals surface area (Å²) in [5.74, 6) is -0.548. The number of rotatable bonds is 3. The molecule has 3 aromatic carbocycles. The monoisotopic (exact) mass is 402 g/mol. The lowest BCUT2D eigenvalue weighted by Gasteiger charge is -2.43. The molecule has 4 nitrogen and oxygen atoms in total. The van der Waals surface area contributed by atoms with Gasteiger partial charge in [-0.2, -0.15) is 0 Å². The van der Waals surface area contributed by atoms with Crippen molar-refractivity contribution >= 4 is 23.2 Å². The van der Waals surface area contributed by atoms with Gasteiger partial charge in [-0.25, -0.2) is 4.39 Å². The molecule has 5 heteroatoms. The molecule has 0 saturated heterocycles. The van der Waals surface area contributed by atoms with Gasteiger partial charge < -0.3 is 9.80 Å². The van der Waals surface area contributed by atoms with Crippen LogP contribution in [0.15, 0.2) is 78.9 Å².